The van der Waals surface area contributed by atoms with Crippen molar-refractivity contribution < 1.29 is 14.3 Å². The van der Waals surface area contributed by atoms with Gasteiger partial charge in [0.1, 0.15) is 12.4 Å². The quantitative estimate of drug-likeness (QED) is 0.850. The Kier molecular flexibility index (Phi) is 5.44. The number of carbonyl (C=O) groups excluding carboxylic acids is 1. The summed E-state index contributed by atoms with van der Waals surface area (Å²) in [5.41, 5.74) is 0.435. The van der Waals surface area contributed by atoms with E-state index in [4.69, 9.17) is 21.1 Å². The maximum absolute atomic E-state index is 12.3. The molecule has 1 atom stereocenters. The second-order valence-corrected chi connectivity index (χ2v) is 5.06. The Morgan fingerprint density at radius 3 is 3.15 bits per heavy atom. The molecule has 0 aromatic heterocycles. The van der Waals surface area contributed by atoms with Crippen LogP contribution in [0.2, 0.25) is 5.02 Å². The molecule has 0 unspecified atom stereocenters. The molecule has 5 heteroatoms. The molecule has 1 aromatic rings. The fourth-order valence-corrected chi connectivity index (χ4v) is 2.24. The summed E-state index contributed by atoms with van der Waals surface area (Å²) in [6, 6.07) is 5.04. The summed E-state index contributed by atoms with van der Waals surface area (Å²) in [5, 5.41) is 3.45. The molecule has 1 N–H and O–H groups in total. The van der Waals surface area contributed by atoms with Crippen LogP contribution >= 0.6 is 11.6 Å². The van der Waals surface area contributed by atoms with E-state index in [-0.39, 0.29) is 11.9 Å². The monoisotopic (exact) mass is 295 g/mol. The molecule has 4 nitrogen and oxygen atoms in total. The van der Waals surface area contributed by atoms with Crippen LogP contribution in [0.1, 0.15) is 23.2 Å². The molecule has 0 aliphatic carbocycles. The zero-order chi connectivity index (χ0) is 14.4. The Labute approximate surface area is 123 Å². The van der Waals surface area contributed by atoms with Crippen molar-refractivity contribution in [1.82, 2.24) is 5.32 Å². The number of benzene rings is 1. The molecule has 0 radical (unpaired) electrons. The number of ether oxygens (including phenoxy) is 2. The molecule has 0 bridgehead atoms. The summed E-state index contributed by atoms with van der Waals surface area (Å²) in [4.78, 5) is 12.3. The lowest BCUT2D eigenvalue weighted by atomic mass is 10.1. The highest BCUT2D eigenvalue weighted by Crippen LogP contribution is 2.23. The zero-order valence-electron chi connectivity index (χ0n) is 11.2. The van der Waals surface area contributed by atoms with Crippen LogP contribution in [0.4, 0.5) is 0 Å². The molecule has 108 valence electrons. The highest BCUT2D eigenvalue weighted by molar-refractivity contribution is 6.31. The molecule has 0 spiro atoms. The van der Waals surface area contributed by atoms with Crippen molar-refractivity contribution in [2.45, 2.75) is 18.9 Å². The summed E-state index contributed by atoms with van der Waals surface area (Å²) in [5.74, 6) is 0.311. The van der Waals surface area contributed by atoms with E-state index in [1.807, 2.05) is 0 Å². The van der Waals surface area contributed by atoms with Crippen LogP contribution in [0, 0.1) is 0 Å². The van der Waals surface area contributed by atoms with Gasteiger partial charge in [0.2, 0.25) is 0 Å². The summed E-state index contributed by atoms with van der Waals surface area (Å²) < 4.78 is 10.8. The number of rotatable bonds is 5. The summed E-state index contributed by atoms with van der Waals surface area (Å²) in [6.45, 7) is 5.25. The van der Waals surface area contributed by atoms with Gasteiger partial charge in [0, 0.05) is 11.6 Å². The Balaban J connectivity index is 2.10. The first kappa shape index (κ1) is 14.9. The van der Waals surface area contributed by atoms with Gasteiger partial charge in [-0.1, -0.05) is 24.3 Å². The molecule has 1 aromatic carbocycles. The third kappa shape index (κ3) is 3.99. The topological polar surface area (TPSA) is 47.6 Å². The van der Waals surface area contributed by atoms with E-state index < -0.39 is 0 Å². The Hall–Kier alpha value is -1.52. The second kappa shape index (κ2) is 7.31. The van der Waals surface area contributed by atoms with Crippen LogP contribution in [0.3, 0.4) is 0 Å². The standard InChI is InChI=1S/C15H18ClNO3/c1-2-7-20-14-6-5-11(16)9-13(14)15(18)17-12-4-3-8-19-10-12/h2,5-6,9,12H,1,3-4,7-8,10H2,(H,17,18)/t12-/m0/s1. The molecule has 1 heterocycles. The first-order valence-corrected chi connectivity index (χ1v) is 7.00. The van der Waals surface area contributed by atoms with Crippen molar-refractivity contribution in [1.29, 1.82) is 0 Å². The predicted molar refractivity (Wildman–Crippen MR) is 78.5 cm³/mol. The molecule has 2 rings (SSSR count). The number of hydrogen-bond donors (Lipinski definition) is 1. The number of amides is 1. The molecular formula is C15H18ClNO3. The zero-order valence-corrected chi connectivity index (χ0v) is 12.0. The van der Waals surface area contributed by atoms with Crippen LogP contribution in [0.5, 0.6) is 5.75 Å². The molecule has 1 amide bonds. The molecule has 1 saturated heterocycles. The van der Waals surface area contributed by atoms with Gasteiger partial charge in [-0.3, -0.25) is 4.79 Å². The van der Waals surface area contributed by atoms with Crippen LogP contribution < -0.4 is 10.1 Å². The van der Waals surface area contributed by atoms with E-state index in [1.54, 1.807) is 24.3 Å². The predicted octanol–water partition coefficient (Wildman–Crippen LogP) is 2.81. The molecule has 0 saturated carbocycles. The smallest absolute Gasteiger partial charge is 0.255 e. The minimum atomic E-state index is -0.193. The summed E-state index contributed by atoms with van der Waals surface area (Å²) >= 11 is 5.96. The minimum Gasteiger partial charge on any atom is -0.489 e. The summed E-state index contributed by atoms with van der Waals surface area (Å²) in [7, 11) is 0. The van der Waals surface area contributed by atoms with Crippen molar-refractivity contribution in [3.63, 3.8) is 0 Å². The lowest BCUT2D eigenvalue weighted by molar-refractivity contribution is 0.0622. The molecule has 20 heavy (non-hydrogen) atoms. The van der Waals surface area contributed by atoms with Gasteiger partial charge < -0.3 is 14.8 Å². The fraction of sp³-hybridized carbons (Fsp3) is 0.400. The van der Waals surface area contributed by atoms with Gasteiger partial charge in [0.15, 0.2) is 0 Å². The highest BCUT2D eigenvalue weighted by atomic mass is 35.5. The van der Waals surface area contributed by atoms with Crippen molar-refractivity contribution in [3.05, 3.63) is 41.4 Å². The third-order valence-corrected chi connectivity index (χ3v) is 3.27. The van der Waals surface area contributed by atoms with E-state index in [0.717, 1.165) is 19.4 Å². The average molecular weight is 296 g/mol. The third-order valence-electron chi connectivity index (χ3n) is 3.04. The Morgan fingerprint density at radius 1 is 1.60 bits per heavy atom. The molecule has 1 aliphatic rings. The van der Waals surface area contributed by atoms with E-state index in [1.165, 1.54) is 0 Å². The van der Waals surface area contributed by atoms with Crippen molar-refractivity contribution in [2.24, 2.45) is 0 Å². The SMILES string of the molecule is C=CCOc1ccc(Cl)cc1C(=O)N[C@H]1CCCOC1. The first-order valence-electron chi connectivity index (χ1n) is 6.62. The van der Waals surface area contributed by atoms with E-state index in [2.05, 4.69) is 11.9 Å². The maximum Gasteiger partial charge on any atom is 0.255 e. The van der Waals surface area contributed by atoms with Crippen LogP contribution in [0.25, 0.3) is 0 Å². The van der Waals surface area contributed by atoms with Gasteiger partial charge in [-0.15, -0.1) is 0 Å². The Bertz CT molecular complexity index is 484. The largest absolute Gasteiger partial charge is 0.489 e. The van der Waals surface area contributed by atoms with Crippen molar-refractivity contribution in [3.8, 4) is 5.75 Å². The number of carbonyl (C=O) groups is 1. The molecule has 1 aliphatic heterocycles. The fourth-order valence-electron chi connectivity index (χ4n) is 2.07. The lowest BCUT2D eigenvalue weighted by Crippen LogP contribution is -2.40. The Morgan fingerprint density at radius 2 is 2.45 bits per heavy atom. The van der Waals surface area contributed by atoms with Gasteiger partial charge in [0.05, 0.1) is 18.2 Å². The minimum absolute atomic E-state index is 0.0440. The van der Waals surface area contributed by atoms with Gasteiger partial charge in [-0.05, 0) is 31.0 Å². The van der Waals surface area contributed by atoms with E-state index in [0.29, 0.717) is 29.5 Å². The van der Waals surface area contributed by atoms with Crippen molar-refractivity contribution in [2.75, 3.05) is 19.8 Å². The maximum atomic E-state index is 12.3. The number of halogens is 1. The second-order valence-electron chi connectivity index (χ2n) is 4.63. The molecule has 1 fully saturated rings. The van der Waals surface area contributed by atoms with Gasteiger partial charge >= 0.3 is 0 Å². The average Bonchev–Trinajstić information content (AvgIpc) is 2.47. The van der Waals surface area contributed by atoms with E-state index in [9.17, 15) is 4.79 Å². The number of hydrogen-bond acceptors (Lipinski definition) is 3. The number of nitrogens with one attached hydrogen (secondary N) is 1. The molecular weight excluding hydrogens is 278 g/mol. The lowest BCUT2D eigenvalue weighted by Gasteiger charge is -2.23. The summed E-state index contributed by atoms with van der Waals surface area (Å²) in [6.07, 6.45) is 3.51. The van der Waals surface area contributed by atoms with Crippen LogP contribution in [0.15, 0.2) is 30.9 Å². The van der Waals surface area contributed by atoms with Crippen LogP contribution in [-0.4, -0.2) is 31.8 Å². The van der Waals surface area contributed by atoms with E-state index >= 15 is 0 Å². The normalized spacial score (nSPS) is 18.4. The van der Waals surface area contributed by atoms with Gasteiger partial charge in [0.25, 0.3) is 5.91 Å². The van der Waals surface area contributed by atoms with Crippen molar-refractivity contribution >= 4 is 17.5 Å². The van der Waals surface area contributed by atoms with Crippen LogP contribution in [-0.2, 0) is 4.74 Å². The highest BCUT2D eigenvalue weighted by Gasteiger charge is 2.19. The first-order chi connectivity index (χ1) is 9.70. The van der Waals surface area contributed by atoms with Gasteiger partial charge in [-0.25, -0.2) is 0 Å². The van der Waals surface area contributed by atoms with Gasteiger partial charge in [-0.2, -0.15) is 0 Å².